The van der Waals surface area contributed by atoms with Crippen LogP contribution in [0, 0.1) is 6.92 Å². The fraction of sp³-hybridized carbons (Fsp3) is 0.350. The van der Waals surface area contributed by atoms with Crippen molar-refractivity contribution in [2.45, 2.75) is 26.7 Å². The van der Waals surface area contributed by atoms with E-state index >= 15 is 0 Å². The number of nitrogens with one attached hydrogen (secondary N) is 2. The number of hydrogen-bond donors (Lipinski definition) is 2. The summed E-state index contributed by atoms with van der Waals surface area (Å²) in [6.45, 7) is 2.74. The second kappa shape index (κ2) is 11.4. The topological polar surface area (TPSA) is 128 Å². The van der Waals surface area contributed by atoms with Gasteiger partial charge in [-0.25, -0.2) is 4.79 Å². The van der Waals surface area contributed by atoms with Crippen LogP contribution < -0.4 is 10.6 Å². The SMILES string of the molecule is CCOC(=O)c1c(NC(=O)COC(=O)CCC(=O)c2cccs2)sc(C(=O)NC)c1C. The summed E-state index contributed by atoms with van der Waals surface area (Å²) in [4.78, 5) is 61.1. The van der Waals surface area contributed by atoms with Gasteiger partial charge in [0.25, 0.3) is 11.8 Å². The van der Waals surface area contributed by atoms with Crippen LogP contribution in [0.1, 0.15) is 55.0 Å². The Kier molecular flexibility index (Phi) is 8.88. The first-order valence-corrected chi connectivity index (χ1v) is 11.0. The third-order valence-corrected chi connectivity index (χ3v) is 6.15. The fourth-order valence-corrected chi connectivity index (χ4v) is 4.39. The molecule has 0 aromatic carbocycles. The molecule has 0 aliphatic rings. The Morgan fingerprint density at radius 2 is 1.84 bits per heavy atom. The highest BCUT2D eigenvalue weighted by atomic mass is 32.1. The van der Waals surface area contributed by atoms with Gasteiger partial charge in [0.15, 0.2) is 12.4 Å². The summed E-state index contributed by atoms with van der Waals surface area (Å²) < 4.78 is 9.92. The largest absolute Gasteiger partial charge is 0.462 e. The average molecular weight is 467 g/mol. The lowest BCUT2D eigenvalue weighted by Gasteiger charge is -2.08. The first kappa shape index (κ1) is 24.2. The molecule has 2 heterocycles. The Hall–Kier alpha value is -3.05. The molecule has 2 N–H and O–H groups in total. The predicted octanol–water partition coefficient (Wildman–Crippen LogP) is 2.80. The standard InChI is InChI=1S/C20H22N2O7S2/c1-4-28-20(27)16-11(2)17(18(26)21-3)31-19(16)22-14(24)10-29-15(25)8-7-12(23)13-6-5-9-30-13/h5-6,9H,4,7-8,10H2,1-3H3,(H,21,26)(H,22,24). The molecule has 2 aromatic rings. The number of ketones is 1. The van der Waals surface area contributed by atoms with Gasteiger partial charge in [-0.05, 0) is 30.9 Å². The fourth-order valence-electron chi connectivity index (χ4n) is 2.54. The summed E-state index contributed by atoms with van der Waals surface area (Å²) in [6.07, 6.45) is -0.176. The van der Waals surface area contributed by atoms with E-state index in [2.05, 4.69) is 10.6 Å². The highest BCUT2D eigenvalue weighted by molar-refractivity contribution is 7.18. The van der Waals surface area contributed by atoms with Gasteiger partial charge >= 0.3 is 11.9 Å². The number of thiophene rings is 2. The van der Waals surface area contributed by atoms with E-state index in [0.717, 1.165) is 11.3 Å². The first-order valence-electron chi connectivity index (χ1n) is 9.33. The zero-order valence-electron chi connectivity index (χ0n) is 17.2. The zero-order chi connectivity index (χ0) is 23.0. The van der Waals surface area contributed by atoms with Crippen molar-refractivity contribution >= 4 is 57.2 Å². The predicted molar refractivity (Wildman–Crippen MR) is 116 cm³/mol. The molecule has 2 amide bonds. The Bertz CT molecular complexity index is 980. The normalized spacial score (nSPS) is 10.3. The van der Waals surface area contributed by atoms with Gasteiger partial charge in [0.1, 0.15) is 5.00 Å². The molecule has 0 bridgehead atoms. The number of Topliss-reactive ketones (excluding diaryl/α,β-unsaturated/α-hetero) is 1. The Balaban J connectivity index is 1.97. The molecule has 0 unspecified atom stereocenters. The van der Waals surface area contributed by atoms with Crippen molar-refractivity contribution in [1.29, 1.82) is 0 Å². The molecule has 9 nitrogen and oxygen atoms in total. The van der Waals surface area contributed by atoms with Crippen molar-refractivity contribution in [2.24, 2.45) is 0 Å². The quantitative estimate of drug-likeness (QED) is 0.407. The molecule has 11 heteroatoms. The number of hydrogen-bond acceptors (Lipinski definition) is 9. The van der Waals surface area contributed by atoms with Gasteiger partial charge in [0, 0.05) is 13.5 Å². The van der Waals surface area contributed by atoms with Crippen LogP contribution in [-0.4, -0.2) is 49.8 Å². The summed E-state index contributed by atoms with van der Waals surface area (Å²) in [5, 5.41) is 6.85. The lowest BCUT2D eigenvalue weighted by atomic mass is 10.1. The molecular weight excluding hydrogens is 444 g/mol. The third kappa shape index (κ3) is 6.46. The van der Waals surface area contributed by atoms with Crippen LogP contribution >= 0.6 is 22.7 Å². The minimum atomic E-state index is -0.695. The van der Waals surface area contributed by atoms with Gasteiger partial charge in [-0.2, -0.15) is 0 Å². The van der Waals surface area contributed by atoms with Crippen LogP contribution in [0.25, 0.3) is 0 Å². The summed E-state index contributed by atoms with van der Waals surface area (Å²) in [5.41, 5.74) is 0.453. The van der Waals surface area contributed by atoms with Crippen LogP contribution in [0.5, 0.6) is 0 Å². The van der Waals surface area contributed by atoms with Gasteiger partial charge in [-0.3, -0.25) is 19.2 Å². The molecule has 31 heavy (non-hydrogen) atoms. The molecule has 0 saturated heterocycles. The zero-order valence-corrected chi connectivity index (χ0v) is 18.9. The van der Waals surface area contributed by atoms with E-state index in [-0.39, 0.29) is 40.7 Å². The molecule has 166 valence electrons. The molecule has 0 radical (unpaired) electrons. The maximum absolute atomic E-state index is 12.3. The number of anilines is 1. The van der Waals surface area contributed by atoms with Crippen molar-refractivity contribution < 1.29 is 33.4 Å². The number of ether oxygens (including phenoxy) is 2. The number of carbonyl (C=O) groups excluding carboxylic acids is 5. The van der Waals surface area contributed by atoms with Crippen molar-refractivity contribution in [2.75, 3.05) is 25.6 Å². The van der Waals surface area contributed by atoms with E-state index in [9.17, 15) is 24.0 Å². The van der Waals surface area contributed by atoms with Gasteiger partial charge < -0.3 is 20.1 Å². The van der Waals surface area contributed by atoms with Crippen LogP contribution in [0.3, 0.4) is 0 Å². The van der Waals surface area contributed by atoms with Gasteiger partial charge in [-0.1, -0.05) is 6.07 Å². The van der Waals surface area contributed by atoms with Gasteiger partial charge in [0.2, 0.25) is 0 Å². The van der Waals surface area contributed by atoms with Crippen molar-refractivity contribution in [1.82, 2.24) is 5.32 Å². The molecule has 0 fully saturated rings. The van der Waals surface area contributed by atoms with E-state index < -0.39 is 30.4 Å². The van der Waals surface area contributed by atoms with Gasteiger partial charge in [0.05, 0.1) is 28.3 Å². The molecule has 0 aliphatic heterocycles. The number of carbonyl (C=O) groups is 5. The summed E-state index contributed by atoms with van der Waals surface area (Å²) >= 11 is 2.20. The van der Waals surface area contributed by atoms with E-state index in [4.69, 9.17) is 9.47 Å². The first-order chi connectivity index (χ1) is 14.8. The molecule has 0 aliphatic carbocycles. The number of esters is 2. The second-order valence-corrected chi connectivity index (χ2v) is 8.14. The summed E-state index contributed by atoms with van der Waals surface area (Å²) in [5.74, 6) is -2.64. The molecule has 0 spiro atoms. The molecule has 2 aromatic heterocycles. The van der Waals surface area contributed by atoms with Crippen LogP contribution in [0.2, 0.25) is 0 Å². The summed E-state index contributed by atoms with van der Waals surface area (Å²) in [7, 11) is 1.45. The molecule has 0 saturated carbocycles. The summed E-state index contributed by atoms with van der Waals surface area (Å²) in [6, 6.07) is 3.41. The van der Waals surface area contributed by atoms with Crippen LogP contribution in [0.15, 0.2) is 17.5 Å². The highest BCUT2D eigenvalue weighted by Crippen LogP contribution is 2.33. The van der Waals surface area contributed by atoms with Crippen LogP contribution in [-0.2, 0) is 19.1 Å². The van der Waals surface area contributed by atoms with E-state index in [0.29, 0.717) is 10.4 Å². The minimum absolute atomic E-state index is 0.0203. The third-order valence-electron chi connectivity index (χ3n) is 4.03. The van der Waals surface area contributed by atoms with E-state index in [1.807, 2.05) is 0 Å². The van der Waals surface area contributed by atoms with E-state index in [1.165, 1.54) is 18.4 Å². The van der Waals surface area contributed by atoms with Crippen molar-refractivity contribution in [3.8, 4) is 0 Å². The maximum atomic E-state index is 12.3. The smallest absolute Gasteiger partial charge is 0.341 e. The number of rotatable bonds is 10. The van der Waals surface area contributed by atoms with E-state index in [1.54, 1.807) is 31.4 Å². The molecule has 0 atom stereocenters. The minimum Gasteiger partial charge on any atom is -0.462 e. The Morgan fingerprint density at radius 1 is 1.10 bits per heavy atom. The molecular formula is C20H22N2O7S2. The molecule has 2 rings (SSSR count). The second-order valence-electron chi connectivity index (χ2n) is 6.17. The Labute approximate surface area is 186 Å². The number of amides is 2. The van der Waals surface area contributed by atoms with Gasteiger partial charge in [-0.15, -0.1) is 22.7 Å². The maximum Gasteiger partial charge on any atom is 0.341 e. The average Bonchev–Trinajstić information content (AvgIpc) is 3.38. The lowest BCUT2D eigenvalue weighted by molar-refractivity contribution is -0.147. The highest BCUT2D eigenvalue weighted by Gasteiger charge is 2.26. The van der Waals surface area contributed by atoms with Crippen molar-refractivity contribution in [3.63, 3.8) is 0 Å². The Morgan fingerprint density at radius 3 is 2.45 bits per heavy atom. The monoisotopic (exact) mass is 466 g/mol. The lowest BCUT2D eigenvalue weighted by Crippen LogP contribution is -2.22. The van der Waals surface area contributed by atoms with Crippen LogP contribution in [0.4, 0.5) is 5.00 Å². The van der Waals surface area contributed by atoms with Crippen molar-refractivity contribution in [3.05, 3.63) is 38.4 Å².